The molecule has 128 valence electrons. The zero-order chi connectivity index (χ0) is 17.8. The molecule has 1 heterocycles. The van der Waals surface area contributed by atoms with Gasteiger partial charge in [-0.3, -0.25) is 0 Å². The van der Waals surface area contributed by atoms with E-state index in [1.165, 1.54) is 0 Å². The molecule has 0 aliphatic rings. The largest absolute Gasteiger partial charge is 0.497 e. The fraction of sp³-hybridized carbons (Fsp3) is 0.158. The van der Waals surface area contributed by atoms with Crippen LogP contribution in [0.4, 0.5) is 23.0 Å². The number of rotatable bonds is 5. The SMILES string of the molecule is COc1cccc(Nc2cc(Nc3ccc(Br)cc3C)nc(C)n2)c1. The Kier molecular flexibility index (Phi) is 5.19. The second-order valence-corrected chi connectivity index (χ2v) is 6.54. The van der Waals surface area contributed by atoms with Crippen molar-refractivity contribution in [1.82, 2.24) is 9.97 Å². The zero-order valence-electron chi connectivity index (χ0n) is 14.3. The van der Waals surface area contributed by atoms with Crippen LogP contribution < -0.4 is 15.4 Å². The number of aryl methyl sites for hydroxylation is 2. The third kappa shape index (κ3) is 4.48. The summed E-state index contributed by atoms with van der Waals surface area (Å²) < 4.78 is 6.30. The van der Waals surface area contributed by atoms with E-state index in [-0.39, 0.29) is 0 Å². The molecule has 0 radical (unpaired) electrons. The summed E-state index contributed by atoms with van der Waals surface area (Å²) in [6.07, 6.45) is 0. The Bertz CT molecular complexity index is 898. The lowest BCUT2D eigenvalue weighted by Crippen LogP contribution is -2.02. The van der Waals surface area contributed by atoms with E-state index in [9.17, 15) is 0 Å². The summed E-state index contributed by atoms with van der Waals surface area (Å²) in [6.45, 7) is 3.92. The van der Waals surface area contributed by atoms with Crippen molar-refractivity contribution < 1.29 is 4.74 Å². The van der Waals surface area contributed by atoms with Crippen LogP contribution in [0.25, 0.3) is 0 Å². The lowest BCUT2D eigenvalue weighted by molar-refractivity contribution is 0.415. The summed E-state index contributed by atoms with van der Waals surface area (Å²) in [5.41, 5.74) is 3.05. The second-order valence-electron chi connectivity index (χ2n) is 5.63. The Labute approximate surface area is 155 Å². The van der Waals surface area contributed by atoms with E-state index < -0.39 is 0 Å². The summed E-state index contributed by atoms with van der Waals surface area (Å²) in [6, 6.07) is 15.7. The third-order valence-electron chi connectivity index (χ3n) is 3.63. The Morgan fingerprint density at radius 2 is 1.68 bits per heavy atom. The average Bonchev–Trinajstić information content (AvgIpc) is 2.57. The molecule has 6 heteroatoms. The van der Waals surface area contributed by atoms with Gasteiger partial charge in [-0.25, -0.2) is 9.97 Å². The third-order valence-corrected chi connectivity index (χ3v) is 4.12. The van der Waals surface area contributed by atoms with Gasteiger partial charge in [-0.05, 0) is 49.7 Å². The minimum absolute atomic E-state index is 0.685. The van der Waals surface area contributed by atoms with Crippen molar-refractivity contribution in [2.24, 2.45) is 0 Å². The molecule has 2 aromatic carbocycles. The van der Waals surface area contributed by atoms with Crippen molar-refractivity contribution in [3.63, 3.8) is 0 Å². The summed E-state index contributed by atoms with van der Waals surface area (Å²) in [4.78, 5) is 8.92. The Balaban J connectivity index is 1.84. The Hall–Kier alpha value is -2.60. The van der Waals surface area contributed by atoms with E-state index in [4.69, 9.17) is 4.74 Å². The molecule has 5 nitrogen and oxygen atoms in total. The van der Waals surface area contributed by atoms with Gasteiger partial charge in [0, 0.05) is 28.0 Å². The first-order valence-corrected chi connectivity index (χ1v) is 8.63. The predicted octanol–water partition coefficient (Wildman–Crippen LogP) is 5.35. The number of hydrogen-bond donors (Lipinski definition) is 2. The van der Waals surface area contributed by atoms with Crippen LogP contribution in [-0.2, 0) is 0 Å². The molecule has 0 aliphatic heterocycles. The Morgan fingerprint density at radius 3 is 2.40 bits per heavy atom. The van der Waals surface area contributed by atoms with Gasteiger partial charge < -0.3 is 15.4 Å². The zero-order valence-corrected chi connectivity index (χ0v) is 15.9. The number of halogens is 1. The molecular formula is C19H19BrN4O. The van der Waals surface area contributed by atoms with Gasteiger partial charge in [0.1, 0.15) is 23.2 Å². The maximum atomic E-state index is 5.25. The van der Waals surface area contributed by atoms with Crippen LogP contribution in [0.15, 0.2) is 53.0 Å². The fourth-order valence-corrected chi connectivity index (χ4v) is 2.93. The molecule has 2 N–H and O–H groups in total. The van der Waals surface area contributed by atoms with Gasteiger partial charge in [-0.1, -0.05) is 22.0 Å². The molecule has 0 bridgehead atoms. The minimum Gasteiger partial charge on any atom is -0.497 e. The smallest absolute Gasteiger partial charge is 0.136 e. The summed E-state index contributed by atoms with van der Waals surface area (Å²) in [5, 5.41) is 6.64. The summed E-state index contributed by atoms with van der Waals surface area (Å²) in [5.74, 6) is 2.94. The number of nitrogens with one attached hydrogen (secondary N) is 2. The maximum Gasteiger partial charge on any atom is 0.136 e. The van der Waals surface area contributed by atoms with Crippen LogP contribution in [0, 0.1) is 13.8 Å². The van der Waals surface area contributed by atoms with Gasteiger partial charge in [0.25, 0.3) is 0 Å². The molecule has 25 heavy (non-hydrogen) atoms. The van der Waals surface area contributed by atoms with Gasteiger partial charge in [0.15, 0.2) is 0 Å². The fourth-order valence-electron chi connectivity index (χ4n) is 2.45. The van der Waals surface area contributed by atoms with Crippen LogP contribution in [0.5, 0.6) is 5.75 Å². The molecule has 3 rings (SSSR count). The summed E-state index contributed by atoms with van der Waals surface area (Å²) in [7, 11) is 1.65. The van der Waals surface area contributed by atoms with Crippen LogP contribution in [0.3, 0.4) is 0 Å². The number of benzene rings is 2. The number of ether oxygens (including phenoxy) is 1. The molecule has 0 aliphatic carbocycles. The Morgan fingerprint density at radius 1 is 0.920 bits per heavy atom. The highest BCUT2D eigenvalue weighted by molar-refractivity contribution is 9.10. The van der Waals surface area contributed by atoms with Crippen LogP contribution in [0.2, 0.25) is 0 Å². The van der Waals surface area contributed by atoms with Crippen LogP contribution in [0.1, 0.15) is 11.4 Å². The van der Waals surface area contributed by atoms with Crippen molar-refractivity contribution in [2.45, 2.75) is 13.8 Å². The number of methoxy groups -OCH3 is 1. The van der Waals surface area contributed by atoms with Crippen molar-refractivity contribution >= 4 is 38.9 Å². The molecule has 0 spiro atoms. The molecule has 0 unspecified atom stereocenters. The molecule has 0 saturated heterocycles. The first-order chi connectivity index (χ1) is 12.0. The van der Waals surface area contributed by atoms with Crippen molar-refractivity contribution in [3.8, 4) is 5.75 Å². The highest BCUT2D eigenvalue weighted by Crippen LogP contribution is 2.25. The number of hydrogen-bond acceptors (Lipinski definition) is 5. The number of anilines is 4. The molecular weight excluding hydrogens is 380 g/mol. The van der Waals surface area contributed by atoms with Crippen molar-refractivity contribution in [3.05, 3.63) is 64.4 Å². The van der Waals surface area contributed by atoms with E-state index in [0.29, 0.717) is 5.82 Å². The quantitative estimate of drug-likeness (QED) is 0.606. The van der Waals surface area contributed by atoms with Gasteiger partial charge in [-0.15, -0.1) is 0 Å². The highest BCUT2D eigenvalue weighted by Gasteiger charge is 2.06. The van der Waals surface area contributed by atoms with Crippen LogP contribution in [-0.4, -0.2) is 17.1 Å². The molecule has 3 aromatic rings. The monoisotopic (exact) mass is 398 g/mol. The highest BCUT2D eigenvalue weighted by atomic mass is 79.9. The standard InChI is InChI=1S/C19H19BrN4O/c1-12-9-14(20)7-8-17(12)24-19-11-18(21-13(2)22-19)23-15-5-4-6-16(10-15)25-3/h4-11H,1-3H3,(H2,21,22,23,24). The van der Waals surface area contributed by atoms with E-state index in [2.05, 4.69) is 49.5 Å². The van der Waals surface area contributed by atoms with E-state index in [1.807, 2.05) is 49.4 Å². The van der Waals surface area contributed by atoms with Gasteiger partial charge in [0.2, 0.25) is 0 Å². The molecule has 0 atom stereocenters. The van der Waals surface area contributed by atoms with Gasteiger partial charge >= 0.3 is 0 Å². The molecule has 0 fully saturated rings. The second kappa shape index (κ2) is 7.53. The average molecular weight is 399 g/mol. The van der Waals surface area contributed by atoms with Crippen molar-refractivity contribution in [1.29, 1.82) is 0 Å². The molecule has 0 saturated carbocycles. The minimum atomic E-state index is 0.685. The lowest BCUT2D eigenvalue weighted by Gasteiger charge is -2.12. The first-order valence-electron chi connectivity index (χ1n) is 7.83. The molecule has 1 aromatic heterocycles. The topological polar surface area (TPSA) is 59.1 Å². The normalized spacial score (nSPS) is 10.4. The van der Waals surface area contributed by atoms with E-state index in [1.54, 1.807) is 7.11 Å². The summed E-state index contributed by atoms with van der Waals surface area (Å²) >= 11 is 3.48. The van der Waals surface area contributed by atoms with Crippen LogP contribution >= 0.6 is 15.9 Å². The first kappa shape index (κ1) is 17.2. The van der Waals surface area contributed by atoms with E-state index >= 15 is 0 Å². The predicted molar refractivity (Wildman–Crippen MR) is 105 cm³/mol. The van der Waals surface area contributed by atoms with Gasteiger partial charge in [-0.2, -0.15) is 0 Å². The lowest BCUT2D eigenvalue weighted by atomic mass is 10.2. The number of nitrogens with zero attached hydrogens (tertiary/aromatic N) is 2. The van der Waals surface area contributed by atoms with Gasteiger partial charge in [0.05, 0.1) is 7.11 Å². The van der Waals surface area contributed by atoms with Crippen molar-refractivity contribution in [2.75, 3.05) is 17.7 Å². The molecule has 0 amide bonds. The van der Waals surface area contributed by atoms with E-state index in [0.717, 1.165) is 38.8 Å². The number of aromatic nitrogens is 2. The maximum absolute atomic E-state index is 5.25.